The predicted octanol–water partition coefficient (Wildman–Crippen LogP) is 3.74. The zero-order chi connectivity index (χ0) is 17.8. The van der Waals surface area contributed by atoms with Crippen molar-refractivity contribution in [1.82, 2.24) is 14.5 Å². The van der Waals surface area contributed by atoms with Crippen molar-refractivity contribution in [2.75, 3.05) is 0 Å². The van der Waals surface area contributed by atoms with E-state index in [0.717, 1.165) is 5.56 Å². The lowest BCUT2D eigenvalue weighted by atomic mass is 10.1. The van der Waals surface area contributed by atoms with E-state index in [4.69, 9.17) is 16.7 Å². The fraction of sp³-hybridized carbons (Fsp3) is 0.176. The van der Waals surface area contributed by atoms with Gasteiger partial charge in [0.05, 0.1) is 25.2 Å². The zero-order valence-corrected chi connectivity index (χ0v) is 13.7. The average molecular weight is 366 g/mol. The summed E-state index contributed by atoms with van der Waals surface area (Å²) in [6.07, 6.45) is 4.74. The van der Waals surface area contributed by atoms with Crippen molar-refractivity contribution in [3.63, 3.8) is 0 Å². The Balaban J connectivity index is 1.97. The first-order chi connectivity index (χ1) is 12.0. The van der Waals surface area contributed by atoms with Crippen LogP contribution < -0.4 is 4.74 Å². The van der Waals surface area contributed by atoms with Crippen molar-refractivity contribution in [2.45, 2.75) is 19.8 Å². The number of alkyl halides is 2. The van der Waals surface area contributed by atoms with Crippen LogP contribution in [0, 0.1) is 0 Å². The number of aliphatic hydroxyl groups excluding tert-OH is 1. The third-order valence-corrected chi connectivity index (χ3v) is 3.69. The maximum Gasteiger partial charge on any atom is 0.388 e. The molecule has 0 radical (unpaired) electrons. The summed E-state index contributed by atoms with van der Waals surface area (Å²) in [6.45, 7) is -2.71. The Morgan fingerprint density at radius 3 is 2.76 bits per heavy atom. The highest BCUT2D eigenvalue weighted by atomic mass is 35.5. The smallest absolute Gasteiger partial charge is 0.388 e. The van der Waals surface area contributed by atoms with Crippen molar-refractivity contribution in [2.24, 2.45) is 0 Å². The normalized spacial score (nSPS) is 11.1. The summed E-state index contributed by atoms with van der Waals surface area (Å²) in [4.78, 5) is 8.05. The first-order valence-electron chi connectivity index (χ1n) is 7.36. The molecule has 0 unspecified atom stereocenters. The minimum atomic E-state index is -2.97. The molecule has 0 saturated heterocycles. The summed E-state index contributed by atoms with van der Waals surface area (Å²) in [5.41, 5.74) is 2.35. The van der Waals surface area contributed by atoms with E-state index < -0.39 is 6.61 Å². The third-order valence-electron chi connectivity index (χ3n) is 3.46. The van der Waals surface area contributed by atoms with Gasteiger partial charge in [0.25, 0.3) is 0 Å². The molecule has 25 heavy (non-hydrogen) atoms. The fourth-order valence-electron chi connectivity index (χ4n) is 2.41. The van der Waals surface area contributed by atoms with Crippen LogP contribution in [0.1, 0.15) is 11.3 Å². The molecule has 130 valence electrons. The Morgan fingerprint density at radius 1 is 1.24 bits per heavy atom. The number of hydrogen-bond acceptors (Lipinski definition) is 4. The lowest BCUT2D eigenvalue weighted by Gasteiger charge is -2.12. The Labute approximate surface area is 147 Å². The van der Waals surface area contributed by atoms with Gasteiger partial charge in [-0.1, -0.05) is 23.7 Å². The molecule has 8 heteroatoms. The number of ether oxygens (including phenoxy) is 1. The van der Waals surface area contributed by atoms with Crippen molar-refractivity contribution >= 4 is 11.6 Å². The predicted molar refractivity (Wildman–Crippen MR) is 88.6 cm³/mol. The minimum Gasteiger partial charge on any atom is -0.416 e. The van der Waals surface area contributed by atoms with Gasteiger partial charge in [0, 0.05) is 23.0 Å². The van der Waals surface area contributed by atoms with Crippen LogP contribution in [0.3, 0.4) is 0 Å². The summed E-state index contributed by atoms with van der Waals surface area (Å²) in [6, 6.07) is 8.53. The number of rotatable bonds is 6. The zero-order valence-electron chi connectivity index (χ0n) is 12.9. The van der Waals surface area contributed by atoms with Gasteiger partial charge in [0.1, 0.15) is 0 Å². The van der Waals surface area contributed by atoms with Gasteiger partial charge in [-0.25, -0.2) is 9.97 Å². The SMILES string of the molecule is OCc1cn(Cc2cnc(OC(F)F)c(-c3cccc(Cl)c3)c2)cn1. The molecule has 0 atom stereocenters. The van der Waals surface area contributed by atoms with Crippen LogP contribution in [-0.2, 0) is 13.2 Å². The minimum absolute atomic E-state index is 0.153. The first kappa shape index (κ1) is 17.3. The molecule has 0 spiro atoms. The largest absolute Gasteiger partial charge is 0.416 e. The second kappa shape index (κ2) is 7.58. The van der Waals surface area contributed by atoms with Crippen LogP contribution >= 0.6 is 11.6 Å². The lowest BCUT2D eigenvalue weighted by Crippen LogP contribution is -2.06. The molecule has 5 nitrogen and oxygen atoms in total. The van der Waals surface area contributed by atoms with Crippen molar-refractivity contribution < 1.29 is 18.6 Å². The monoisotopic (exact) mass is 365 g/mol. The molecule has 3 aromatic rings. The van der Waals surface area contributed by atoms with Crippen LogP contribution in [0.5, 0.6) is 5.88 Å². The average Bonchev–Trinajstić information content (AvgIpc) is 3.03. The summed E-state index contributed by atoms with van der Waals surface area (Å²) >= 11 is 6.00. The molecule has 3 rings (SSSR count). The maximum atomic E-state index is 12.7. The molecular formula is C17H14ClF2N3O2. The van der Waals surface area contributed by atoms with Crippen LogP contribution in [0.4, 0.5) is 8.78 Å². The summed E-state index contributed by atoms with van der Waals surface area (Å²) in [7, 11) is 0. The van der Waals surface area contributed by atoms with E-state index in [-0.39, 0.29) is 12.5 Å². The molecule has 2 aromatic heterocycles. The van der Waals surface area contributed by atoms with Crippen molar-refractivity contribution in [3.05, 3.63) is 65.3 Å². The number of pyridine rings is 1. The first-order valence-corrected chi connectivity index (χ1v) is 7.74. The van der Waals surface area contributed by atoms with Gasteiger partial charge >= 0.3 is 6.61 Å². The Kier molecular flexibility index (Phi) is 5.25. The molecule has 1 aromatic carbocycles. The van der Waals surface area contributed by atoms with Crippen LogP contribution in [0.25, 0.3) is 11.1 Å². The van der Waals surface area contributed by atoms with Gasteiger partial charge in [0.15, 0.2) is 0 Å². The van der Waals surface area contributed by atoms with Crippen LogP contribution in [0.15, 0.2) is 49.1 Å². The number of halogens is 3. The number of aromatic nitrogens is 3. The van der Waals surface area contributed by atoms with Crippen molar-refractivity contribution in [1.29, 1.82) is 0 Å². The highest BCUT2D eigenvalue weighted by molar-refractivity contribution is 6.30. The molecule has 0 aliphatic rings. The lowest BCUT2D eigenvalue weighted by molar-refractivity contribution is -0.0524. The standard InChI is InChI=1S/C17H14ClF2N3O2/c18-13-3-1-2-12(5-13)15-4-11(6-21-16(15)25-17(19)20)7-23-8-14(9-24)22-10-23/h1-6,8,10,17,24H,7,9H2. The molecule has 0 saturated carbocycles. The van der Waals surface area contributed by atoms with Gasteiger partial charge in [-0.2, -0.15) is 8.78 Å². The Hall–Kier alpha value is -2.51. The number of benzene rings is 1. The second-order valence-corrected chi connectivity index (χ2v) is 5.72. The van der Waals surface area contributed by atoms with Gasteiger partial charge in [0.2, 0.25) is 5.88 Å². The van der Waals surface area contributed by atoms with E-state index in [9.17, 15) is 8.78 Å². The van der Waals surface area contributed by atoms with E-state index >= 15 is 0 Å². The van der Waals surface area contributed by atoms with Gasteiger partial charge in [-0.15, -0.1) is 0 Å². The van der Waals surface area contributed by atoms with E-state index in [1.807, 2.05) is 0 Å². The second-order valence-electron chi connectivity index (χ2n) is 5.28. The summed E-state index contributed by atoms with van der Waals surface area (Å²) in [5, 5.41) is 9.55. The van der Waals surface area contributed by atoms with Crippen molar-refractivity contribution in [3.8, 4) is 17.0 Å². The number of nitrogens with zero attached hydrogens (tertiary/aromatic N) is 3. The molecule has 0 aliphatic carbocycles. The van der Waals surface area contributed by atoms with Gasteiger partial charge in [-0.3, -0.25) is 0 Å². The molecule has 0 fully saturated rings. The van der Waals surface area contributed by atoms with E-state index in [2.05, 4.69) is 14.7 Å². The molecule has 2 heterocycles. The van der Waals surface area contributed by atoms with Crippen LogP contribution in [-0.4, -0.2) is 26.3 Å². The Bertz CT molecular complexity index is 871. The molecule has 1 N–H and O–H groups in total. The number of imidazole rings is 1. The van der Waals surface area contributed by atoms with Gasteiger partial charge in [-0.05, 0) is 29.3 Å². The summed E-state index contributed by atoms with van der Waals surface area (Å²) < 4.78 is 31.6. The molecule has 0 bridgehead atoms. The molecular weight excluding hydrogens is 352 g/mol. The topological polar surface area (TPSA) is 60.2 Å². The van der Waals surface area contributed by atoms with E-state index in [0.29, 0.717) is 28.4 Å². The number of hydrogen-bond donors (Lipinski definition) is 1. The highest BCUT2D eigenvalue weighted by Gasteiger charge is 2.14. The maximum absolute atomic E-state index is 12.7. The quantitative estimate of drug-likeness (QED) is 0.723. The van der Waals surface area contributed by atoms with E-state index in [1.54, 1.807) is 47.4 Å². The fourth-order valence-corrected chi connectivity index (χ4v) is 2.60. The summed E-state index contributed by atoms with van der Waals surface area (Å²) in [5.74, 6) is -0.164. The molecule has 0 aliphatic heterocycles. The molecule has 0 amide bonds. The van der Waals surface area contributed by atoms with Gasteiger partial charge < -0.3 is 14.4 Å². The number of aliphatic hydroxyl groups is 1. The van der Waals surface area contributed by atoms with Crippen LogP contribution in [0.2, 0.25) is 5.02 Å². The third kappa shape index (κ3) is 4.32. The highest BCUT2D eigenvalue weighted by Crippen LogP contribution is 2.31. The van der Waals surface area contributed by atoms with E-state index in [1.165, 1.54) is 6.20 Å². The Morgan fingerprint density at radius 2 is 2.08 bits per heavy atom.